The number of aryl methyl sites for hydroxylation is 1. The van der Waals surface area contributed by atoms with Gasteiger partial charge in [-0.05, 0) is 73.3 Å². The van der Waals surface area contributed by atoms with Crippen molar-refractivity contribution in [2.24, 2.45) is 0 Å². The first-order chi connectivity index (χ1) is 12.7. The molecule has 0 saturated carbocycles. The van der Waals surface area contributed by atoms with Crippen molar-refractivity contribution in [3.8, 4) is 0 Å². The lowest BCUT2D eigenvalue weighted by molar-refractivity contribution is -0.150. The summed E-state index contributed by atoms with van der Waals surface area (Å²) in [4.78, 5) is 38.3. The van der Waals surface area contributed by atoms with E-state index in [4.69, 9.17) is 17.0 Å². The van der Waals surface area contributed by atoms with E-state index in [2.05, 4.69) is 33.2 Å². The van der Waals surface area contributed by atoms with E-state index in [-0.39, 0.29) is 29.5 Å². The van der Waals surface area contributed by atoms with Crippen LogP contribution in [0.4, 0.5) is 0 Å². The Hall–Kier alpha value is -1.75. The van der Waals surface area contributed by atoms with E-state index < -0.39 is 12.0 Å². The minimum absolute atomic E-state index is 0.118. The van der Waals surface area contributed by atoms with Crippen LogP contribution in [0.25, 0.3) is 0 Å². The van der Waals surface area contributed by atoms with Gasteiger partial charge in [-0.3, -0.25) is 19.7 Å². The van der Waals surface area contributed by atoms with Crippen LogP contribution < -0.4 is 10.6 Å². The molecule has 1 aromatic carbocycles. The Morgan fingerprint density at radius 3 is 2.78 bits per heavy atom. The third-order valence-corrected chi connectivity index (χ3v) is 5.47. The highest BCUT2D eigenvalue weighted by Gasteiger charge is 2.34. The predicted octanol–water partition coefficient (Wildman–Crippen LogP) is 1.76. The fourth-order valence-corrected chi connectivity index (χ4v) is 3.43. The Morgan fingerprint density at radius 1 is 1.44 bits per heavy atom. The molecule has 146 valence electrons. The fourth-order valence-electron chi connectivity index (χ4n) is 2.60. The lowest BCUT2D eigenvalue weighted by Gasteiger charge is -2.36. The van der Waals surface area contributed by atoms with Crippen molar-refractivity contribution < 1.29 is 19.1 Å². The maximum atomic E-state index is 12.5. The number of esters is 1. The second-order valence-corrected chi connectivity index (χ2v) is 8.02. The molecule has 27 heavy (non-hydrogen) atoms. The summed E-state index contributed by atoms with van der Waals surface area (Å²) in [6, 6.07) is 4.54. The molecule has 2 rings (SSSR count). The van der Waals surface area contributed by atoms with Crippen molar-refractivity contribution in [3.63, 3.8) is 0 Å². The van der Waals surface area contributed by atoms with Gasteiger partial charge in [0.1, 0.15) is 6.04 Å². The van der Waals surface area contributed by atoms with Gasteiger partial charge in [0.25, 0.3) is 5.91 Å². The monoisotopic (exact) mass is 503 g/mol. The molecule has 0 spiro atoms. The molecule has 1 aliphatic rings. The SMILES string of the molecule is Cc1ccc(C(=O)NC(=S)N2CCNC(=O)C2CC(=O)OC(C)C)cc1I. The van der Waals surface area contributed by atoms with Gasteiger partial charge in [0.15, 0.2) is 5.11 Å². The summed E-state index contributed by atoms with van der Waals surface area (Å²) in [5.41, 5.74) is 1.55. The molecule has 1 heterocycles. The van der Waals surface area contributed by atoms with E-state index in [1.54, 1.807) is 30.9 Å². The number of nitrogens with zero attached hydrogens (tertiary/aromatic N) is 1. The molecule has 1 aliphatic heterocycles. The fraction of sp³-hybridized carbons (Fsp3) is 0.444. The molecule has 9 heteroatoms. The third kappa shape index (κ3) is 5.86. The number of piperazine rings is 1. The molecule has 7 nitrogen and oxygen atoms in total. The third-order valence-electron chi connectivity index (χ3n) is 3.97. The number of hydrogen-bond acceptors (Lipinski definition) is 5. The minimum Gasteiger partial charge on any atom is -0.463 e. The van der Waals surface area contributed by atoms with Gasteiger partial charge >= 0.3 is 5.97 Å². The van der Waals surface area contributed by atoms with E-state index >= 15 is 0 Å². The smallest absolute Gasteiger partial charge is 0.308 e. The van der Waals surface area contributed by atoms with Crippen molar-refractivity contribution in [2.75, 3.05) is 13.1 Å². The lowest BCUT2D eigenvalue weighted by atomic mass is 10.1. The predicted molar refractivity (Wildman–Crippen MR) is 113 cm³/mol. The Bertz CT molecular complexity index is 769. The lowest BCUT2D eigenvalue weighted by Crippen LogP contribution is -2.60. The summed E-state index contributed by atoms with van der Waals surface area (Å²) in [7, 11) is 0. The Morgan fingerprint density at radius 2 is 2.15 bits per heavy atom. The zero-order valence-corrected chi connectivity index (χ0v) is 18.3. The molecule has 0 aromatic heterocycles. The number of nitrogens with one attached hydrogen (secondary N) is 2. The zero-order valence-electron chi connectivity index (χ0n) is 15.4. The number of carbonyl (C=O) groups excluding carboxylic acids is 3. The first-order valence-corrected chi connectivity index (χ1v) is 10.0. The average molecular weight is 503 g/mol. The number of hydrogen-bond donors (Lipinski definition) is 2. The molecule has 0 aliphatic carbocycles. The molecule has 1 aromatic rings. The number of amides is 2. The van der Waals surface area contributed by atoms with E-state index in [0.717, 1.165) is 9.13 Å². The molecule has 0 radical (unpaired) electrons. The number of ether oxygens (including phenoxy) is 1. The molecule has 1 saturated heterocycles. The molecule has 1 fully saturated rings. The van der Waals surface area contributed by atoms with Crippen molar-refractivity contribution in [2.45, 2.75) is 39.3 Å². The van der Waals surface area contributed by atoms with Gasteiger partial charge in [0, 0.05) is 22.2 Å². The topological polar surface area (TPSA) is 87.7 Å². The van der Waals surface area contributed by atoms with Crippen LogP contribution in [0.3, 0.4) is 0 Å². The van der Waals surface area contributed by atoms with Gasteiger partial charge in [-0.15, -0.1) is 0 Å². The quantitative estimate of drug-likeness (QED) is 0.370. The summed E-state index contributed by atoms with van der Waals surface area (Å²) in [6.07, 6.45) is -0.407. The van der Waals surface area contributed by atoms with E-state index in [9.17, 15) is 14.4 Å². The molecule has 1 atom stereocenters. The van der Waals surface area contributed by atoms with Crippen LogP contribution in [0.1, 0.15) is 36.2 Å². The summed E-state index contributed by atoms with van der Waals surface area (Å²) >= 11 is 7.50. The van der Waals surface area contributed by atoms with Gasteiger partial charge in [0.05, 0.1) is 12.5 Å². The van der Waals surface area contributed by atoms with Crippen LogP contribution in [0.5, 0.6) is 0 Å². The van der Waals surface area contributed by atoms with Crippen LogP contribution >= 0.6 is 34.8 Å². The maximum Gasteiger partial charge on any atom is 0.308 e. The van der Waals surface area contributed by atoms with E-state index in [1.165, 1.54) is 0 Å². The van der Waals surface area contributed by atoms with E-state index in [0.29, 0.717) is 18.7 Å². The molecular formula is C18H22IN3O4S. The van der Waals surface area contributed by atoms with Crippen LogP contribution in [0.2, 0.25) is 0 Å². The van der Waals surface area contributed by atoms with Gasteiger partial charge in [0.2, 0.25) is 5.91 Å². The maximum absolute atomic E-state index is 12.5. The Balaban J connectivity index is 2.09. The number of thiocarbonyl (C=S) groups is 1. The van der Waals surface area contributed by atoms with Crippen LogP contribution in [0.15, 0.2) is 18.2 Å². The van der Waals surface area contributed by atoms with Crippen molar-refractivity contribution in [1.82, 2.24) is 15.5 Å². The highest BCUT2D eigenvalue weighted by molar-refractivity contribution is 14.1. The Labute approximate surface area is 177 Å². The summed E-state index contributed by atoms with van der Waals surface area (Å²) in [5, 5.41) is 5.49. The number of rotatable bonds is 4. The molecular weight excluding hydrogens is 481 g/mol. The largest absolute Gasteiger partial charge is 0.463 e. The van der Waals surface area contributed by atoms with Gasteiger partial charge in [-0.2, -0.15) is 0 Å². The number of benzene rings is 1. The van der Waals surface area contributed by atoms with Crippen molar-refractivity contribution in [1.29, 1.82) is 0 Å². The molecule has 2 N–H and O–H groups in total. The average Bonchev–Trinajstić information content (AvgIpc) is 2.58. The summed E-state index contributed by atoms with van der Waals surface area (Å²) in [5.74, 6) is -1.16. The normalized spacial score (nSPS) is 16.7. The minimum atomic E-state index is -0.809. The number of halogens is 1. The van der Waals surface area contributed by atoms with Crippen molar-refractivity contribution >= 4 is 57.7 Å². The molecule has 0 bridgehead atoms. The van der Waals surface area contributed by atoms with Crippen LogP contribution in [0, 0.1) is 10.5 Å². The highest BCUT2D eigenvalue weighted by Crippen LogP contribution is 2.15. The molecule has 2 amide bonds. The Kier molecular flexibility index (Phi) is 7.54. The first-order valence-electron chi connectivity index (χ1n) is 8.54. The summed E-state index contributed by atoms with van der Waals surface area (Å²) in [6.45, 7) is 6.22. The zero-order chi connectivity index (χ0) is 20.1. The standard InChI is InChI=1S/C18H22IN3O4S/c1-10(2)26-15(23)9-14-17(25)20-6-7-22(14)18(27)21-16(24)12-5-4-11(3)13(19)8-12/h4-5,8,10,14H,6-7,9H2,1-3H3,(H,20,25)(H,21,24,27). The number of carbonyl (C=O) groups is 3. The van der Waals surface area contributed by atoms with Crippen molar-refractivity contribution in [3.05, 3.63) is 32.9 Å². The van der Waals surface area contributed by atoms with Crippen LogP contribution in [-0.2, 0) is 14.3 Å². The van der Waals surface area contributed by atoms with Crippen LogP contribution in [-0.4, -0.2) is 53.0 Å². The van der Waals surface area contributed by atoms with Gasteiger partial charge in [-0.1, -0.05) is 6.07 Å². The summed E-state index contributed by atoms with van der Waals surface area (Å²) < 4.78 is 6.10. The van der Waals surface area contributed by atoms with E-state index in [1.807, 2.05) is 13.0 Å². The first kappa shape index (κ1) is 21.5. The highest BCUT2D eigenvalue weighted by atomic mass is 127. The van der Waals surface area contributed by atoms with Gasteiger partial charge in [-0.25, -0.2) is 0 Å². The van der Waals surface area contributed by atoms with Gasteiger partial charge < -0.3 is 15.0 Å². The second kappa shape index (κ2) is 9.45. The second-order valence-electron chi connectivity index (χ2n) is 6.47. The molecule has 1 unspecified atom stereocenters.